The van der Waals surface area contributed by atoms with Crippen LogP contribution < -0.4 is 0 Å². The van der Waals surface area contributed by atoms with E-state index in [0.717, 1.165) is 31.3 Å². The van der Waals surface area contributed by atoms with Crippen molar-refractivity contribution in [1.82, 2.24) is 0 Å². The van der Waals surface area contributed by atoms with Crippen LogP contribution >= 0.6 is 0 Å². The first kappa shape index (κ1) is 20.0. The Morgan fingerprint density at radius 1 is 1.40 bits per heavy atom. The van der Waals surface area contributed by atoms with E-state index in [9.17, 15) is 9.90 Å². The first-order valence-corrected chi connectivity index (χ1v) is 9.57. The number of hydrogen-bond donors (Lipinski definition) is 1. The second kappa shape index (κ2) is 8.35. The van der Waals surface area contributed by atoms with Gasteiger partial charge in [-0.2, -0.15) is 0 Å². The van der Waals surface area contributed by atoms with Crippen LogP contribution in [0.25, 0.3) is 0 Å². The lowest BCUT2D eigenvalue weighted by atomic mass is 9.75. The highest BCUT2D eigenvalue weighted by atomic mass is 16.5. The summed E-state index contributed by atoms with van der Waals surface area (Å²) in [5.74, 6) is 1.14. The van der Waals surface area contributed by atoms with E-state index in [0.29, 0.717) is 24.2 Å². The van der Waals surface area contributed by atoms with E-state index in [1.165, 1.54) is 18.1 Å². The van der Waals surface area contributed by atoms with Gasteiger partial charge in [0.2, 0.25) is 0 Å². The summed E-state index contributed by atoms with van der Waals surface area (Å²) in [5.41, 5.74) is 3.44. The Bertz CT molecular complexity index is 560. The van der Waals surface area contributed by atoms with Crippen molar-refractivity contribution in [3.63, 3.8) is 0 Å². The standard InChI is InChI=1S/C22H34O3/c1-13(2)20(24)12-9-15(4)19-11-7-14(3)18-10-8-16(5)21(18)22(19)25-17(6)23/h8,15,18-22,24H,1,3,7,9-12H2,2,4-6H3/t15-,18+,19+,20?,21-,22-/m1/s1. The molecule has 2 aliphatic carbocycles. The van der Waals surface area contributed by atoms with Crippen LogP contribution in [0.4, 0.5) is 0 Å². The molecule has 0 aromatic carbocycles. The summed E-state index contributed by atoms with van der Waals surface area (Å²) in [7, 11) is 0. The van der Waals surface area contributed by atoms with Gasteiger partial charge in [0.05, 0.1) is 6.10 Å². The number of hydrogen-bond acceptors (Lipinski definition) is 3. The van der Waals surface area contributed by atoms with Crippen molar-refractivity contribution in [3.05, 3.63) is 36.0 Å². The Morgan fingerprint density at radius 3 is 2.68 bits per heavy atom. The highest BCUT2D eigenvalue weighted by Crippen LogP contribution is 2.48. The van der Waals surface area contributed by atoms with E-state index in [4.69, 9.17) is 4.74 Å². The summed E-state index contributed by atoms with van der Waals surface area (Å²) in [6, 6.07) is 0. The highest BCUT2D eigenvalue weighted by Gasteiger charge is 2.44. The average Bonchev–Trinajstić information content (AvgIpc) is 2.85. The van der Waals surface area contributed by atoms with E-state index in [-0.39, 0.29) is 18.0 Å². The number of aliphatic hydroxyl groups is 1. The van der Waals surface area contributed by atoms with Gasteiger partial charge in [0, 0.05) is 12.8 Å². The third kappa shape index (κ3) is 4.63. The van der Waals surface area contributed by atoms with Gasteiger partial charge in [-0.1, -0.05) is 42.9 Å². The van der Waals surface area contributed by atoms with Gasteiger partial charge in [0.15, 0.2) is 0 Å². The molecule has 0 bridgehead atoms. The molecule has 0 radical (unpaired) electrons. The average molecular weight is 347 g/mol. The van der Waals surface area contributed by atoms with Crippen molar-refractivity contribution in [2.24, 2.45) is 23.7 Å². The van der Waals surface area contributed by atoms with Crippen molar-refractivity contribution in [1.29, 1.82) is 0 Å². The molecule has 1 N–H and O–H groups in total. The third-order valence-electron chi connectivity index (χ3n) is 6.25. The monoisotopic (exact) mass is 346 g/mol. The van der Waals surface area contributed by atoms with E-state index in [1.54, 1.807) is 0 Å². The van der Waals surface area contributed by atoms with Gasteiger partial charge < -0.3 is 9.84 Å². The van der Waals surface area contributed by atoms with Crippen molar-refractivity contribution in [2.45, 2.75) is 72.0 Å². The van der Waals surface area contributed by atoms with Crippen LogP contribution in [0.5, 0.6) is 0 Å². The fourth-order valence-corrected chi connectivity index (χ4v) is 4.63. The molecule has 0 aliphatic heterocycles. The van der Waals surface area contributed by atoms with Gasteiger partial charge in [0.1, 0.15) is 6.10 Å². The Balaban J connectivity index is 2.20. The van der Waals surface area contributed by atoms with Crippen LogP contribution in [0.15, 0.2) is 36.0 Å². The maximum atomic E-state index is 11.8. The molecule has 2 rings (SSSR count). The summed E-state index contributed by atoms with van der Waals surface area (Å²) in [4.78, 5) is 11.8. The topological polar surface area (TPSA) is 46.5 Å². The fraction of sp³-hybridized carbons (Fsp3) is 0.682. The lowest BCUT2D eigenvalue weighted by Gasteiger charge is -2.36. The van der Waals surface area contributed by atoms with Gasteiger partial charge >= 0.3 is 5.97 Å². The number of esters is 1. The lowest BCUT2D eigenvalue weighted by Crippen LogP contribution is -2.38. The molecule has 0 heterocycles. The molecule has 140 valence electrons. The first-order valence-electron chi connectivity index (χ1n) is 9.57. The summed E-state index contributed by atoms with van der Waals surface area (Å²) in [6.45, 7) is 15.9. The van der Waals surface area contributed by atoms with Crippen molar-refractivity contribution >= 4 is 5.97 Å². The fourth-order valence-electron chi connectivity index (χ4n) is 4.63. The molecular formula is C22H34O3. The molecule has 1 fully saturated rings. The van der Waals surface area contributed by atoms with Gasteiger partial charge in [0.25, 0.3) is 0 Å². The zero-order valence-corrected chi connectivity index (χ0v) is 16.3. The zero-order valence-electron chi connectivity index (χ0n) is 16.3. The van der Waals surface area contributed by atoms with E-state index in [2.05, 4.69) is 33.1 Å². The van der Waals surface area contributed by atoms with E-state index < -0.39 is 6.10 Å². The summed E-state index contributed by atoms with van der Waals surface area (Å²) >= 11 is 0. The van der Waals surface area contributed by atoms with Crippen LogP contribution in [0.3, 0.4) is 0 Å². The quantitative estimate of drug-likeness (QED) is 0.554. The second-order valence-electron chi connectivity index (χ2n) is 8.17. The molecule has 0 amide bonds. The predicted octanol–water partition coefficient (Wildman–Crippen LogP) is 4.82. The van der Waals surface area contributed by atoms with Crippen LogP contribution in [-0.4, -0.2) is 23.3 Å². The number of ether oxygens (including phenoxy) is 1. The van der Waals surface area contributed by atoms with Gasteiger partial charge in [-0.15, -0.1) is 0 Å². The molecule has 6 atom stereocenters. The molecular weight excluding hydrogens is 312 g/mol. The summed E-state index contributed by atoms with van der Waals surface area (Å²) < 4.78 is 5.89. The number of fused-ring (bicyclic) bond motifs is 1. The predicted molar refractivity (Wildman–Crippen MR) is 102 cm³/mol. The number of rotatable bonds is 6. The van der Waals surface area contributed by atoms with Crippen LogP contribution in [0.2, 0.25) is 0 Å². The Morgan fingerprint density at radius 2 is 2.08 bits per heavy atom. The van der Waals surface area contributed by atoms with Crippen LogP contribution in [0.1, 0.15) is 59.8 Å². The van der Waals surface area contributed by atoms with Crippen molar-refractivity contribution in [2.75, 3.05) is 0 Å². The van der Waals surface area contributed by atoms with Gasteiger partial charge in [-0.25, -0.2) is 0 Å². The molecule has 3 nitrogen and oxygen atoms in total. The SMILES string of the molecule is C=C(C)C(O)CC[C@@H](C)[C@@H]1CCC(=C)[C@@H]2CC=C(C)[C@H]2[C@@H]1OC(C)=O. The zero-order chi connectivity index (χ0) is 18.7. The van der Waals surface area contributed by atoms with Gasteiger partial charge in [-0.05, 0) is 63.7 Å². The second-order valence-corrected chi connectivity index (χ2v) is 8.17. The molecule has 3 heteroatoms. The van der Waals surface area contributed by atoms with Crippen LogP contribution in [-0.2, 0) is 9.53 Å². The van der Waals surface area contributed by atoms with Crippen molar-refractivity contribution in [3.8, 4) is 0 Å². The number of carbonyl (C=O) groups excluding carboxylic acids is 1. The highest BCUT2D eigenvalue weighted by molar-refractivity contribution is 5.66. The molecule has 25 heavy (non-hydrogen) atoms. The van der Waals surface area contributed by atoms with Crippen molar-refractivity contribution < 1.29 is 14.6 Å². The number of aliphatic hydroxyl groups excluding tert-OH is 1. The minimum atomic E-state index is -0.448. The van der Waals surface area contributed by atoms with Gasteiger partial charge in [-0.3, -0.25) is 4.79 Å². The smallest absolute Gasteiger partial charge is 0.302 e. The van der Waals surface area contributed by atoms with Crippen LogP contribution in [0, 0.1) is 23.7 Å². The molecule has 1 unspecified atom stereocenters. The maximum Gasteiger partial charge on any atom is 0.302 e. The first-order chi connectivity index (χ1) is 11.7. The molecule has 2 aliphatic rings. The molecule has 0 aromatic rings. The Labute approximate surface area is 152 Å². The Kier molecular flexibility index (Phi) is 6.67. The normalized spacial score (nSPS) is 31.6. The number of allylic oxidation sites excluding steroid dienone is 2. The minimum Gasteiger partial charge on any atom is -0.462 e. The molecule has 1 saturated carbocycles. The summed E-state index contributed by atoms with van der Waals surface area (Å²) in [5, 5.41) is 10.1. The Hall–Kier alpha value is -1.35. The van der Waals surface area contributed by atoms with E-state index >= 15 is 0 Å². The largest absolute Gasteiger partial charge is 0.462 e. The van der Waals surface area contributed by atoms with E-state index in [1.807, 2.05) is 6.92 Å². The minimum absolute atomic E-state index is 0.0857. The maximum absolute atomic E-state index is 11.8. The molecule has 0 saturated heterocycles. The molecule has 0 spiro atoms. The lowest BCUT2D eigenvalue weighted by molar-refractivity contribution is -0.153. The molecule has 0 aromatic heterocycles. The third-order valence-corrected chi connectivity index (χ3v) is 6.25. The number of carbonyl (C=O) groups is 1. The summed E-state index contributed by atoms with van der Waals surface area (Å²) in [6.07, 6.45) is 6.39.